The minimum Gasteiger partial charge on any atom is -0.345 e. The Morgan fingerprint density at radius 1 is 1.32 bits per heavy atom. The molecule has 122 valence electrons. The van der Waals surface area contributed by atoms with E-state index in [1.807, 2.05) is 6.20 Å². The molecule has 5 heteroatoms. The van der Waals surface area contributed by atoms with E-state index in [9.17, 15) is 4.79 Å². The maximum Gasteiger partial charge on any atom is 0.237 e. The summed E-state index contributed by atoms with van der Waals surface area (Å²) in [6, 6.07) is 0.0982. The number of nitrogens with one attached hydrogen (secondary N) is 1. The van der Waals surface area contributed by atoms with Crippen LogP contribution in [0.3, 0.4) is 0 Å². The molecule has 1 aromatic heterocycles. The second-order valence-corrected chi connectivity index (χ2v) is 8.03. The van der Waals surface area contributed by atoms with Crippen LogP contribution in [0.2, 0.25) is 0 Å². The normalized spacial score (nSPS) is 22.8. The van der Waals surface area contributed by atoms with Gasteiger partial charge in [0.2, 0.25) is 5.91 Å². The van der Waals surface area contributed by atoms with E-state index < -0.39 is 0 Å². The Labute approximate surface area is 137 Å². The summed E-state index contributed by atoms with van der Waals surface area (Å²) in [5, 5.41) is 4.37. The molecule has 0 bridgehead atoms. The van der Waals surface area contributed by atoms with Crippen molar-refractivity contribution in [3.05, 3.63) is 16.1 Å². The molecular weight excluding hydrogens is 294 g/mol. The molecule has 1 N–H and O–H groups in total. The van der Waals surface area contributed by atoms with Crippen molar-refractivity contribution in [2.75, 3.05) is 13.1 Å². The smallest absolute Gasteiger partial charge is 0.237 e. The summed E-state index contributed by atoms with van der Waals surface area (Å²) in [5.74, 6) is 0.762. The average Bonchev–Trinajstić information content (AvgIpc) is 3.30. The third kappa shape index (κ3) is 3.87. The van der Waals surface area contributed by atoms with Crippen LogP contribution in [0.1, 0.15) is 61.4 Å². The van der Waals surface area contributed by atoms with Crippen molar-refractivity contribution in [2.24, 2.45) is 5.92 Å². The number of hydrogen-bond donors (Lipinski definition) is 1. The number of likely N-dealkylation sites (tertiary alicyclic amines) is 1. The molecule has 22 heavy (non-hydrogen) atoms. The van der Waals surface area contributed by atoms with E-state index in [-0.39, 0.29) is 18.0 Å². The molecule has 0 radical (unpaired) electrons. The number of amides is 1. The first-order valence-corrected chi connectivity index (χ1v) is 9.43. The van der Waals surface area contributed by atoms with Gasteiger partial charge in [-0.2, -0.15) is 0 Å². The molecule has 0 aromatic carbocycles. The van der Waals surface area contributed by atoms with Crippen molar-refractivity contribution >= 4 is 17.2 Å². The number of nitrogens with zero attached hydrogens (tertiary/aromatic N) is 2. The summed E-state index contributed by atoms with van der Waals surface area (Å²) in [6.45, 7) is 6.24. The van der Waals surface area contributed by atoms with Crippen LogP contribution in [0.5, 0.6) is 0 Å². The average molecular weight is 321 g/mol. The number of carbonyl (C=O) groups excluding carboxylic acids is 1. The van der Waals surface area contributed by atoms with Gasteiger partial charge in [-0.15, -0.1) is 11.3 Å². The van der Waals surface area contributed by atoms with Crippen LogP contribution in [-0.4, -0.2) is 34.9 Å². The summed E-state index contributed by atoms with van der Waals surface area (Å²) in [4.78, 5) is 20.8. The van der Waals surface area contributed by atoms with Gasteiger partial charge in [0.15, 0.2) is 0 Å². The lowest BCUT2D eigenvalue weighted by atomic mass is 10.1. The maximum atomic E-state index is 12.7. The highest BCUT2D eigenvalue weighted by Gasteiger charge is 2.36. The highest BCUT2D eigenvalue weighted by Crippen LogP contribution is 2.42. The molecule has 0 spiro atoms. The highest BCUT2D eigenvalue weighted by atomic mass is 32.1. The summed E-state index contributed by atoms with van der Waals surface area (Å²) >= 11 is 1.72. The topological polar surface area (TPSA) is 45.2 Å². The molecule has 2 atom stereocenters. The molecule has 1 aliphatic heterocycles. The quantitative estimate of drug-likeness (QED) is 0.905. The SMILES string of the molecule is Cc1cnc([C@H](NC(=O)[C@H](C)N2CCCCCC2)C2CC2)s1. The molecule has 2 heterocycles. The molecule has 1 saturated carbocycles. The molecule has 2 fully saturated rings. The summed E-state index contributed by atoms with van der Waals surface area (Å²) in [5.41, 5.74) is 0. The van der Waals surface area contributed by atoms with Crippen molar-refractivity contribution in [1.29, 1.82) is 0 Å². The number of hydrogen-bond acceptors (Lipinski definition) is 4. The standard InChI is InChI=1S/C17H27N3OS/c1-12-11-18-17(22-12)15(14-7-8-14)19-16(21)13(2)20-9-5-3-4-6-10-20/h11,13-15H,3-10H2,1-2H3,(H,19,21)/t13-,15+/m0/s1. The Bertz CT molecular complexity index is 504. The van der Waals surface area contributed by atoms with E-state index in [2.05, 4.69) is 29.0 Å². The van der Waals surface area contributed by atoms with Crippen molar-refractivity contribution in [3.8, 4) is 0 Å². The zero-order chi connectivity index (χ0) is 15.5. The zero-order valence-electron chi connectivity index (χ0n) is 13.7. The van der Waals surface area contributed by atoms with Gasteiger partial charge < -0.3 is 5.32 Å². The Hall–Kier alpha value is -0.940. The highest BCUT2D eigenvalue weighted by molar-refractivity contribution is 7.11. The first-order chi connectivity index (χ1) is 10.6. The van der Waals surface area contributed by atoms with E-state index >= 15 is 0 Å². The van der Waals surface area contributed by atoms with Gasteiger partial charge in [0.1, 0.15) is 5.01 Å². The molecular formula is C17H27N3OS. The predicted octanol–water partition coefficient (Wildman–Crippen LogP) is 3.28. The second-order valence-electron chi connectivity index (χ2n) is 6.76. The molecule has 1 aliphatic carbocycles. The fourth-order valence-corrected chi connectivity index (χ4v) is 4.17. The number of aromatic nitrogens is 1. The van der Waals surface area contributed by atoms with Gasteiger partial charge in [0.25, 0.3) is 0 Å². The molecule has 1 amide bonds. The minimum absolute atomic E-state index is 0.0274. The van der Waals surface area contributed by atoms with Gasteiger partial charge in [-0.1, -0.05) is 12.8 Å². The monoisotopic (exact) mass is 321 g/mol. The number of rotatable bonds is 5. The van der Waals surface area contributed by atoms with Crippen LogP contribution in [0.15, 0.2) is 6.20 Å². The van der Waals surface area contributed by atoms with Gasteiger partial charge in [0.05, 0.1) is 12.1 Å². The Morgan fingerprint density at radius 2 is 2.00 bits per heavy atom. The van der Waals surface area contributed by atoms with Crippen LogP contribution in [0, 0.1) is 12.8 Å². The summed E-state index contributed by atoms with van der Waals surface area (Å²) in [7, 11) is 0. The largest absolute Gasteiger partial charge is 0.345 e. The Balaban J connectivity index is 1.63. The molecule has 3 rings (SSSR count). The van der Waals surface area contributed by atoms with E-state index in [0.717, 1.165) is 18.1 Å². The van der Waals surface area contributed by atoms with Gasteiger partial charge in [-0.3, -0.25) is 9.69 Å². The van der Waals surface area contributed by atoms with Crippen molar-refractivity contribution in [1.82, 2.24) is 15.2 Å². The molecule has 1 saturated heterocycles. The van der Waals surface area contributed by atoms with Gasteiger partial charge in [-0.25, -0.2) is 4.98 Å². The Morgan fingerprint density at radius 3 is 2.55 bits per heavy atom. The third-order valence-electron chi connectivity index (χ3n) is 4.86. The van der Waals surface area contributed by atoms with E-state index in [0.29, 0.717) is 5.92 Å². The predicted molar refractivity (Wildman–Crippen MR) is 90.0 cm³/mol. The van der Waals surface area contributed by atoms with Crippen LogP contribution in [0.25, 0.3) is 0 Å². The Kier molecular flexibility index (Phi) is 5.14. The third-order valence-corrected chi connectivity index (χ3v) is 5.86. The first kappa shape index (κ1) is 15.9. The van der Waals surface area contributed by atoms with Gasteiger partial charge in [-0.05, 0) is 58.5 Å². The molecule has 1 aromatic rings. The van der Waals surface area contributed by atoms with Gasteiger partial charge in [0, 0.05) is 11.1 Å². The van der Waals surface area contributed by atoms with E-state index in [4.69, 9.17) is 0 Å². The van der Waals surface area contributed by atoms with E-state index in [1.165, 1.54) is 43.4 Å². The molecule has 4 nitrogen and oxygen atoms in total. The van der Waals surface area contributed by atoms with Crippen molar-refractivity contribution in [3.63, 3.8) is 0 Å². The lowest BCUT2D eigenvalue weighted by Gasteiger charge is -2.28. The van der Waals surface area contributed by atoms with Crippen LogP contribution in [-0.2, 0) is 4.79 Å². The fraction of sp³-hybridized carbons (Fsp3) is 0.765. The van der Waals surface area contributed by atoms with Crippen molar-refractivity contribution < 1.29 is 4.79 Å². The lowest BCUT2D eigenvalue weighted by Crippen LogP contribution is -2.46. The number of carbonyl (C=O) groups is 1. The minimum atomic E-state index is -0.0274. The zero-order valence-corrected chi connectivity index (χ0v) is 14.5. The van der Waals surface area contributed by atoms with Crippen LogP contribution >= 0.6 is 11.3 Å². The second kappa shape index (κ2) is 7.09. The van der Waals surface area contributed by atoms with Gasteiger partial charge >= 0.3 is 0 Å². The summed E-state index contributed by atoms with van der Waals surface area (Å²) in [6.07, 6.45) is 9.37. The maximum absolute atomic E-state index is 12.7. The van der Waals surface area contributed by atoms with Crippen molar-refractivity contribution in [2.45, 2.75) is 64.5 Å². The number of thiazole rings is 1. The molecule has 0 unspecified atom stereocenters. The number of aryl methyl sites for hydroxylation is 1. The van der Waals surface area contributed by atoms with E-state index in [1.54, 1.807) is 11.3 Å². The van der Waals surface area contributed by atoms with Crippen LogP contribution < -0.4 is 5.32 Å². The summed E-state index contributed by atoms with van der Waals surface area (Å²) < 4.78 is 0. The fourth-order valence-electron chi connectivity index (χ4n) is 3.25. The molecule has 2 aliphatic rings. The van der Waals surface area contributed by atoms with Crippen LogP contribution in [0.4, 0.5) is 0 Å². The first-order valence-electron chi connectivity index (χ1n) is 8.62. The lowest BCUT2D eigenvalue weighted by molar-refractivity contribution is -0.126.